The van der Waals surface area contributed by atoms with E-state index in [1.165, 1.54) is 11.0 Å². The summed E-state index contributed by atoms with van der Waals surface area (Å²) in [6.45, 7) is 3.70. The molecule has 0 bridgehead atoms. The van der Waals surface area contributed by atoms with Crippen molar-refractivity contribution < 1.29 is 17.9 Å². The molecule has 0 saturated carbocycles. The molecule has 0 aliphatic carbocycles. The van der Waals surface area contributed by atoms with Gasteiger partial charge in [0, 0.05) is 18.1 Å². The minimum atomic E-state index is -4.10. The van der Waals surface area contributed by atoms with Gasteiger partial charge < -0.3 is 9.64 Å². The van der Waals surface area contributed by atoms with E-state index in [-0.39, 0.29) is 9.92 Å². The van der Waals surface area contributed by atoms with Gasteiger partial charge in [-0.15, -0.1) is 0 Å². The second-order valence-corrected chi connectivity index (χ2v) is 9.24. The summed E-state index contributed by atoms with van der Waals surface area (Å²) in [5.74, 6) is -0.617. The Morgan fingerprint density at radius 3 is 2.66 bits per heavy atom. The number of ether oxygens (including phenoxy) is 1. The van der Waals surface area contributed by atoms with Gasteiger partial charge in [0.1, 0.15) is 4.90 Å². The van der Waals surface area contributed by atoms with E-state index >= 15 is 0 Å². The number of amides is 1. The van der Waals surface area contributed by atoms with Gasteiger partial charge in [-0.2, -0.15) is 5.10 Å². The maximum absolute atomic E-state index is 13.2. The zero-order chi connectivity index (χ0) is 20.6. The lowest BCUT2D eigenvalue weighted by atomic mass is 10.1. The number of benzene rings is 2. The molecule has 0 atom stereocenters. The number of nitrogens with zero attached hydrogens (tertiary/aromatic N) is 3. The molecule has 2 aromatic carbocycles. The number of morpholine rings is 1. The molecule has 7 nitrogen and oxygen atoms in total. The van der Waals surface area contributed by atoms with Gasteiger partial charge in [-0.25, -0.2) is 8.42 Å². The molecule has 152 valence electrons. The molecule has 9 heteroatoms. The number of hydrogen-bond donors (Lipinski definition) is 0. The van der Waals surface area contributed by atoms with Crippen LogP contribution in [0.1, 0.15) is 11.1 Å². The van der Waals surface area contributed by atoms with Gasteiger partial charge in [0.15, 0.2) is 0 Å². The first-order chi connectivity index (χ1) is 13.9. The third-order valence-corrected chi connectivity index (χ3v) is 6.76. The van der Waals surface area contributed by atoms with Crippen molar-refractivity contribution in [3.05, 3.63) is 58.6 Å². The second kappa shape index (κ2) is 7.78. The van der Waals surface area contributed by atoms with Crippen LogP contribution in [-0.4, -0.2) is 50.6 Å². The Hall–Kier alpha value is -2.42. The summed E-state index contributed by atoms with van der Waals surface area (Å²) in [5, 5.41) is 5.64. The zero-order valence-electron chi connectivity index (χ0n) is 15.8. The Balaban J connectivity index is 1.79. The molecular formula is C20H20ClN3O4S. The maximum atomic E-state index is 13.2. The molecule has 2 aromatic rings. The van der Waals surface area contributed by atoms with Gasteiger partial charge in [-0.3, -0.25) is 9.80 Å². The summed E-state index contributed by atoms with van der Waals surface area (Å²) in [6, 6.07) is 12.4. The molecule has 1 saturated heterocycles. The van der Waals surface area contributed by atoms with Crippen molar-refractivity contribution in [2.75, 3.05) is 31.3 Å². The van der Waals surface area contributed by atoms with Gasteiger partial charge in [-0.05, 0) is 30.7 Å². The summed E-state index contributed by atoms with van der Waals surface area (Å²) in [6.07, 6.45) is 0. The van der Waals surface area contributed by atoms with Crippen LogP contribution in [0.3, 0.4) is 0 Å². The van der Waals surface area contributed by atoms with E-state index in [0.29, 0.717) is 38.5 Å². The summed E-state index contributed by atoms with van der Waals surface area (Å²) >= 11 is 6.07. The molecule has 0 spiro atoms. The Morgan fingerprint density at radius 2 is 1.93 bits per heavy atom. The number of aryl methyl sites for hydroxylation is 1. The molecular weight excluding hydrogens is 414 g/mol. The highest BCUT2D eigenvalue weighted by molar-refractivity contribution is 8.08. The van der Waals surface area contributed by atoms with E-state index in [2.05, 4.69) is 5.10 Å². The number of carbonyl (C=O) groups is 1. The molecule has 29 heavy (non-hydrogen) atoms. The lowest BCUT2D eigenvalue weighted by Crippen LogP contribution is -2.47. The van der Waals surface area contributed by atoms with Crippen molar-refractivity contribution in [2.24, 2.45) is 5.10 Å². The first-order valence-corrected chi connectivity index (χ1v) is 11.1. The number of anilines is 1. The average Bonchev–Trinajstić information content (AvgIpc) is 2.70. The van der Waals surface area contributed by atoms with Crippen LogP contribution < -0.4 is 5.01 Å². The molecule has 2 aliphatic rings. The molecule has 0 aromatic heterocycles. The first-order valence-electron chi connectivity index (χ1n) is 9.19. The fraction of sp³-hybridized carbons (Fsp3) is 0.300. The summed E-state index contributed by atoms with van der Waals surface area (Å²) in [5.41, 5.74) is 2.43. The smallest absolute Gasteiger partial charge is 0.286 e. The topological polar surface area (TPSA) is 79.3 Å². The lowest BCUT2D eigenvalue weighted by molar-refractivity contribution is -0.127. The van der Waals surface area contributed by atoms with E-state index < -0.39 is 20.8 Å². The zero-order valence-corrected chi connectivity index (χ0v) is 17.4. The Labute approximate surface area is 174 Å². The van der Waals surface area contributed by atoms with Crippen LogP contribution in [0, 0.1) is 6.92 Å². The Bertz CT molecular complexity index is 1090. The molecule has 2 aliphatic heterocycles. The molecule has 1 amide bonds. The third-order valence-electron chi connectivity index (χ3n) is 4.85. The standard InChI is InChI=1S/C20H20ClN3O4S/c1-14-3-2-4-15(11-14)13-24-17-6-5-16(21)12-18(17)29(26,27)19(22-24)20(25)23-7-9-28-10-8-23/h2-6,11-12H,7-10,13H2,1H3. The minimum absolute atomic E-state index is 0.00994. The number of hydrogen-bond acceptors (Lipinski definition) is 6. The van der Waals surface area contributed by atoms with Crippen LogP contribution in [-0.2, 0) is 25.9 Å². The predicted octanol–water partition coefficient (Wildman–Crippen LogP) is 2.61. The maximum Gasteiger partial charge on any atom is 0.286 e. The van der Waals surface area contributed by atoms with Crippen molar-refractivity contribution in [2.45, 2.75) is 18.4 Å². The summed E-state index contributed by atoms with van der Waals surface area (Å²) in [7, 11) is -4.10. The van der Waals surface area contributed by atoms with E-state index in [1.54, 1.807) is 17.1 Å². The van der Waals surface area contributed by atoms with E-state index in [4.69, 9.17) is 16.3 Å². The molecule has 0 N–H and O–H groups in total. The van der Waals surface area contributed by atoms with Crippen molar-refractivity contribution >= 4 is 38.1 Å². The van der Waals surface area contributed by atoms with Crippen LogP contribution in [0.4, 0.5) is 5.69 Å². The number of rotatable bonds is 3. The third kappa shape index (κ3) is 3.88. The second-order valence-electron chi connectivity index (χ2n) is 6.97. The Morgan fingerprint density at radius 1 is 1.17 bits per heavy atom. The van der Waals surface area contributed by atoms with Gasteiger partial charge in [0.05, 0.1) is 25.4 Å². The van der Waals surface area contributed by atoms with Gasteiger partial charge in [-0.1, -0.05) is 41.4 Å². The van der Waals surface area contributed by atoms with Gasteiger partial charge in [0.25, 0.3) is 5.91 Å². The number of halogens is 1. The fourth-order valence-corrected chi connectivity index (χ4v) is 5.14. The van der Waals surface area contributed by atoms with Gasteiger partial charge in [0.2, 0.25) is 14.9 Å². The van der Waals surface area contributed by atoms with E-state index in [9.17, 15) is 13.2 Å². The number of fused-ring (bicyclic) bond motifs is 1. The van der Waals surface area contributed by atoms with Crippen LogP contribution in [0.5, 0.6) is 0 Å². The first kappa shape index (κ1) is 19.9. The summed E-state index contributed by atoms with van der Waals surface area (Å²) < 4.78 is 31.7. The molecule has 4 rings (SSSR count). The normalized spacial score (nSPS) is 18.2. The molecule has 0 unspecified atom stereocenters. The van der Waals surface area contributed by atoms with Gasteiger partial charge >= 0.3 is 0 Å². The predicted molar refractivity (Wildman–Crippen MR) is 111 cm³/mol. The quantitative estimate of drug-likeness (QED) is 0.743. The molecule has 1 fully saturated rings. The fourth-order valence-electron chi connectivity index (χ4n) is 3.40. The number of hydrazone groups is 1. The largest absolute Gasteiger partial charge is 0.378 e. The SMILES string of the molecule is Cc1cccc(CN2N=C(C(=O)N3CCOCC3)S(=O)(=O)c3cc(Cl)ccc32)c1. The number of carbonyl (C=O) groups excluding carboxylic acids is 1. The average molecular weight is 434 g/mol. The van der Waals surface area contributed by atoms with E-state index in [0.717, 1.165) is 11.1 Å². The van der Waals surface area contributed by atoms with Crippen LogP contribution in [0.2, 0.25) is 5.02 Å². The van der Waals surface area contributed by atoms with Crippen LogP contribution in [0.25, 0.3) is 0 Å². The highest BCUT2D eigenvalue weighted by Crippen LogP contribution is 2.35. The highest BCUT2D eigenvalue weighted by atomic mass is 35.5. The molecule has 2 heterocycles. The van der Waals surface area contributed by atoms with E-state index in [1.807, 2.05) is 31.2 Å². The van der Waals surface area contributed by atoms with Crippen molar-refractivity contribution in [3.8, 4) is 0 Å². The van der Waals surface area contributed by atoms with Crippen LogP contribution in [0.15, 0.2) is 52.5 Å². The van der Waals surface area contributed by atoms with Crippen molar-refractivity contribution in [3.63, 3.8) is 0 Å². The lowest BCUT2D eigenvalue weighted by Gasteiger charge is -2.31. The highest BCUT2D eigenvalue weighted by Gasteiger charge is 2.39. The summed E-state index contributed by atoms with van der Waals surface area (Å²) in [4.78, 5) is 14.5. The van der Waals surface area contributed by atoms with Crippen molar-refractivity contribution in [1.29, 1.82) is 0 Å². The van der Waals surface area contributed by atoms with Crippen LogP contribution >= 0.6 is 11.6 Å². The minimum Gasteiger partial charge on any atom is -0.378 e. The Kier molecular flexibility index (Phi) is 5.33. The van der Waals surface area contributed by atoms with Crippen molar-refractivity contribution in [1.82, 2.24) is 4.90 Å². The molecule has 0 radical (unpaired) electrons. The number of sulfone groups is 1. The monoisotopic (exact) mass is 433 g/mol.